The van der Waals surface area contributed by atoms with Crippen LogP contribution in [0.25, 0.3) is 0 Å². The van der Waals surface area contributed by atoms with E-state index in [2.05, 4.69) is 0 Å². The Morgan fingerprint density at radius 2 is 1.73 bits per heavy atom. The molecule has 0 amide bonds. The monoisotopic (exact) mass is 234 g/mol. The molecule has 0 atom stereocenters. The van der Waals surface area contributed by atoms with Crippen LogP contribution in [0.15, 0.2) is 18.2 Å². The number of hydrogen-bond donors (Lipinski definition) is 1. The molecule has 0 aliphatic carbocycles. The van der Waals surface area contributed by atoms with E-state index in [1.54, 1.807) is 6.07 Å². The summed E-state index contributed by atoms with van der Waals surface area (Å²) in [5, 5.41) is 9.74. The molecule has 1 aromatic carbocycles. The van der Waals surface area contributed by atoms with E-state index in [0.717, 1.165) is 6.92 Å². The first-order valence-corrected chi connectivity index (χ1v) is 4.91. The van der Waals surface area contributed by atoms with Gasteiger partial charge >= 0.3 is 0 Å². The number of benzene rings is 1. The molecular formula is C11H13ClF2O. The lowest BCUT2D eigenvalue weighted by Gasteiger charge is -2.25. The maximum Gasteiger partial charge on any atom is 0.272 e. The smallest absolute Gasteiger partial charge is 0.272 e. The summed E-state index contributed by atoms with van der Waals surface area (Å²) in [5.74, 6) is -3.06. The standard InChI is InChI=1S/C11H13ClF2O/c1-10(2,15)7-5-4-6-8(12)9(7)11(3,13)14/h4-6,15H,1-3H3. The van der Waals surface area contributed by atoms with Gasteiger partial charge in [0.05, 0.1) is 10.6 Å². The highest BCUT2D eigenvalue weighted by molar-refractivity contribution is 6.31. The van der Waals surface area contributed by atoms with Crippen molar-refractivity contribution in [3.63, 3.8) is 0 Å². The number of rotatable bonds is 2. The maximum absolute atomic E-state index is 13.3. The van der Waals surface area contributed by atoms with Crippen molar-refractivity contribution in [1.82, 2.24) is 0 Å². The van der Waals surface area contributed by atoms with Crippen molar-refractivity contribution in [3.05, 3.63) is 34.3 Å². The van der Waals surface area contributed by atoms with Gasteiger partial charge in [-0.3, -0.25) is 0 Å². The first kappa shape index (κ1) is 12.4. The molecule has 0 aliphatic heterocycles. The molecule has 0 spiro atoms. The van der Waals surface area contributed by atoms with Crippen LogP contribution in [-0.4, -0.2) is 5.11 Å². The molecule has 0 aliphatic rings. The molecule has 84 valence electrons. The lowest BCUT2D eigenvalue weighted by Crippen LogP contribution is -2.23. The summed E-state index contributed by atoms with van der Waals surface area (Å²) in [5.41, 5.74) is -1.48. The number of halogens is 3. The van der Waals surface area contributed by atoms with Crippen LogP contribution in [0.1, 0.15) is 31.9 Å². The third kappa shape index (κ3) is 2.67. The molecular weight excluding hydrogens is 222 g/mol. The average molecular weight is 235 g/mol. The second-order valence-electron chi connectivity index (χ2n) is 4.11. The Kier molecular flexibility index (Phi) is 3.08. The SMILES string of the molecule is CC(C)(O)c1cccc(Cl)c1C(C)(F)F. The van der Waals surface area contributed by atoms with Gasteiger partial charge in [0.15, 0.2) is 0 Å². The van der Waals surface area contributed by atoms with Gasteiger partial charge in [0.1, 0.15) is 0 Å². The molecule has 15 heavy (non-hydrogen) atoms. The third-order valence-corrected chi connectivity index (χ3v) is 2.43. The molecule has 0 unspecified atom stereocenters. The van der Waals surface area contributed by atoms with E-state index in [4.69, 9.17) is 11.6 Å². The molecule has 4 heteroatoms. The first-order chi connectivity index (χ1) is 6.64. The zero-order valence-electron chi connectivity index (χ0n) is 8.81. The molecule has 0 saturated carbocycles. The van der Waals surface area contributed by atoms with Crippen molar-refractivity contribution in [2.45, 2.75) is 32.3 Å². The molecule has 0 bridgehead atoms. The quantitative estimate of drug-likeness (QED) is 0.828. The van der Waals surface area contributed by atoms with E-state index in [1.165, 1.54) is 26.0 Å². The fourth-order valence-electron chi connectivity index (χ4n) is 1.48. The number of aliphatic hydroxyl groups is 1. The molecule has 1 N–H and O–H groups in total. The van der Waals surface area contributed by atoms with Gasteiger partial charge in [-0.1, -0.05) is 23.7 Å². The fourth-order valence-corrected chi connectivity index (χ4v) is 1.82. The Morgan fingerprint density at radius 3 is 2.07 bits per heavy atom. The summed E-state index contributed by atoms with van der Waals surface area (Å²) in [6, 6.07) is 4.40. The molecule has 0 heterocycles. The van der Waals surface area contributed by atoms with Crippen LogP contribution < -0.4 is 0 Å². The average Bonchev–Trinajstić information content (AvgIpc) is 1.99. The maximum atomic E-state index is 13.3. The summed E-state index contributed by atoms with van der Waals surface area (Å²) in [6.45, 7) is 3.67. The molecule has 0 saturated heterocycles. The van der Waals surface area contributed by atoms with Crippen molar-refractivity contribution in [2.24, 2.45) is 0 Å². The van der Waals surface area contributed by atoms with Crippen molar-refractivity contribution in [1.29, 1.82) is 0 Å². The fraction of sp³-hybridized carbons (Fsp3) is 0.455. The van der Waals surface area contributed by atoms with Crippen molar-refractivity contribution in [3.8, 4) is 0 Å². The first-order valence-electron chi connectivity index (χ1n) is 4.53. The van der Waals surface area contributed by atoms with Gasteiger partial charge in [0.2, 0.25) is 0 Å². The van der Waals surface area contributed by atoms with Crippen molar-refractivity contribution >= 4 is 11.6 Å². The topological polar surface area (TPSA) is 20.2 Å². The predicted octanol–water partition coefficient (Wildman–Crippen LogP) is 3.68. The second-order valence-corrected chi connectivity index (χ2v) is 4.52. The Hall–Kier alpha value is -0.670. The van der Waals surface area contributed by atoms with Crippen LogP contribution >= 0.6 is 11.6 Å². The van der Waals surface area contributed by atoms with Gasteiger partial charge in [0, 0.05) is 12.5 Å². The predicted molar refractivity (Wildman–Crippen MR) is 56.3 cm³/mol. The number of hydrogen-bond acceptors (Lipinski definition) is 1. The molecule has 0 aromatic heterocycles. The Morgan fingerprint density at radius 1 is 1.20 bits per heavy atom. The lowest BCUT2D eigenvalue weighted by atomic mass is 9.90. The molecule has 1 nitrogen and oxygen atoms in total. The highest BCUT2D eigenvalue weighted by Gasteiger charge is 2.34. The Balaban J connectivity index is 3.48. The number of alkyl halides is 2. The molecule has 1 rings (SSSR count). The third-order valence-electron chi connectivity index (χ3n) is 2.11. The van der Waals surface area contributed by atoms with Crippen molar-refractivity contribution < 1.29 is 13.9 Å². The van der Waals surface area contributed by atoms with Crippen molar-refractivity contribution in [2.75, 3.05) is 0 Å². The Labute approximate surface area is 92.7 Å². The van der Waals surface area contributed by atoms with Crippen LogP contribution in [0, 0.1) is 0 Å². The summed E-state index contributed by atoms with van der Waals surface area (Å²) in [6.07, 6.45) is 0. The summed E-state index contributed by atoms with van der Waals surface area (Å²) >= 11 is 5.73. The van der Waals surface area contributed by atoms with Gasteiger partial charge < -0.3 is 5.11 Å². The van der Waals surface area contributed by atoms with E-state index in [9.17, 15) is 13.9 Å². The minimum absolute atomic E-state index is 0.0258. The molecule has 0 fully saturated rings. The summed E-state index contributed by atoms with van der Waals surface area (Å²) in [7, 11) is 0. The normalized spacial score (nSPS) is 13.0. The zero-order chi connectivity index (χ0) is 11.9. The van der Waals surface area contributed by atoms with Gasteiger partial charge in [-0.05, 0) is 25.5 Å². The van der Waals surface area contributed by atoms with Crippen LogP contribution in [0.5, 0.6) is 0 Å². The highest BCUT2D eigenvalue weighted by Crippen LogP contribution is 2.39. The Bertz CT molecular complexity index is 364. The van der Waals surface area contributed by atoms with E-state index in [0.29, 0.717) is 0 Å². The van der Waals surface area contributed by atoms with E-state index in [1.807, 2.05) is 0 Å². The van der Waals surface area contributed by atoms with Gasteiger partial charge in [0.25, 0.3) is 5.92 Å². The molecule has 0 radical (unpaired) electrons. The van der Waals surface area contributed by atoms with Crippen LogP contribution in [0.3, 0.4) is 0 Å². The second kappa shape index (κ2) is 3.72. The van der Waals surface area contributed by atoms with Crippen LogP contribution in [-0.2, 0) is 11.5 Å². The largest absolute Gasteiger partial charge is 0.386 e. The van der Waals surface area contributed by atoms with Crippen LogP contribution in [0.4, 0.5) is 8.78 Å². The van der Waals surface area contributed by atoms with Crippen LogP contribution in [0.2, 0.25) is 5.02 Å². The van der Waals surface area contributed by atoms with E-state index < -0.39 is 11.5 Å². The van der Waals surface area contributed by atoms with Gasteiger partial charge in [-0.2, -0.15) is 0 Å². The minimum atomic E-state index is -3.06. The van der Waals surface area contributed by atoms with E-state index >= 15 is 0 Å². The highest BCUT2D eigenvalue weighted by atomic mass is 35.5. The lowest BCUT2D eigenvalue weighted by molar-refractivity contribution is 0.00755. The van der Waals surface area contributed by atoms with Gasteiger partial charge in [-0.25, -0.2) is 8.78 Å². The summed E-state index contributed by atoms with van der Waals surface area (Å²) < 4.78 is 26.6. The summed E-state index contributed by atoms with van der Waals surface area (Å²) in [4.78, 5) is 0. The zero-order valence-corrected chi connectivity index (χ0v) is 9.57. The van der Waals surface area contributed by atoms with Gasteiger partial charge in [-0.15, -0.1) is 0 Å². The molecule has 1 aromatic rings. The van der Waals surface area contributed by atoms with E-state index in [-0.39, 0.29) is 16.1 Å². The minimum Gasteiger partial charge on any atom is -0.386 e.